The second-order valence-electron chi connectivity index (χ2n) is 2.67. The maximum Gasteiger partial charge on any atom is 0.271 e. The lowest BCUT2D eigenvalue weighted by Gasteiger charge is -2.22. The van der Waals surface area contributed by atoms with E-state index >= 15 is 0 Å². The molecule has 1 aromatic rings. The van der Waals surface area contributed by atoms with Gasteiger partial charge in [0, 0.05) is 19.8 Å². The Morgan fingerprint density at radius 3 is 3.18 bits per heavy atom. The quantitative estimate of drug-likeness (QED) is 0.522. The number of hydrogen-bond acceptors (Lipinski definition) is 2. The summed E-state index contributed by atoms with van der Waals surface area (Å²) in [7, 11) is 1.80. The van der Waals surface area contributed by atoms with Gasteiger partial charge in [-0.2, -0.15) is 5.10 Å². The van der Waals surface area contributed by atoms with Crippen LogP contribution in [0.1, 0.15) is 10.5 Å². The highest BCUT2D eigenvalue weighted by molar-refractivity contribution is 5.92. The fourth-order valence-electron chi connectivity index (χ4n) is 1.23. The molecule has 2 rings (SSSR count). The molecule has 2 heterocycles. The molecule has 0 fully saturated rings. The number of carbonyl (C=O) groups excluding carboxylic acids is 1. The average molecular weight is 151 g/mol. The van der Waals surface area contributed by atoms with Crippen molar-refractivity contribution in [2.24, 2.45) is 0 Å². The van der Waals surface area contributed by atoms with E-state index in [1.165, 1.54) is 0 Å². The maximum absolute atomic E-state index is 11.3. The first-order valence-corrected chi connectivity index (χ1v) is 3.56. The molecule has 1 aliphatic rings. The molecule has 1 aliphatic heterocycles. The predicted molar refractivity (Wildman–Crippen MR) is 39.2 cm³/mol. The zero-order valence-corrected chi connectivity index (χ0v) is 6.32. The van der Waals surface area contributed by atoms with Gasteiger partial charge in [0.1, 0.15) is 5.69 Å². The lowest BCUT2D eigenvalue weighted by molar-refractivity contribution is 0.0743. The molecule has 11 heavy (non-hydrogen) atoms. The van der Waals surface area contributed by atoms with Crippen LogP contribution in [0.4, 0.5) is 0 Å². The van der Waals surface area contributed by atoms with Gasteiger partial charge < -0.3 is 4.90 Å². The summed E-state index contributed by atoms with van der Waals surface area (Å²) in [5, 5.41) is 4.01. The molecule has 4 heteroatoms. The van der Waals surface area contributed by atoms with E-state index in [1.54, 1.807) is 28.9 Å². The van der Waals surface area contributed by atoms with E-state index in [0.29, 0.717) is 5.69 Å². The highest BCUT2D eigenvalue weighted by Gasteiger charge is 2.20. The van der Waals surface area contributed by atoms with Crippen LogP contribution < -0.4 is 0 Å². The van der Waals surface area contributed by atoms with E-state index in [9.17, 15) is 4.79 Å². The van der Waals surface area contributed by atoms with Gasteiger partial charge in [0.15, 0.2) is 0 Å². The van der Waals surface area contributed by atoms with Crippen molar-refractivity contribution in [3.8, 4) is 0 Å². The minimum absolute atomic E-state index is 0.0637. The third kappa shape index (κ3) is 0.824. The SMILES string of the molecule is CN1CCn2nccc2C1=O. The second-order valence-corrected chi connectivity index (χ2v) is 2.67. The van der Waals surface area contributed by atoms with Gasteiger partial charge in [-0.3, -0.25) is 9.48 Å². The standard InChI is InChI=1S/C7H9N3O/c1-9-4-5-10-6(7(9)11)2-3-8-10/h2-3H,4-5H2,1H3. The summed E-state index contributed by atoms with van der Waals surface area (Å²) in [6.07, 6.45) is 1.66. The Bertz CT molecular complexity index is 292. The summed E-state index contributed by atoms with van der Waals surface area (Å²) < 4.78 is 1.74. The van der Waals surface area contributed by atoms with Crippen LogP contribution in [-0.2, 0) is 6.54 Å². The fraction of sp³-hybridized carbons (Fsp3) is 0.429. The predicted octanol–water partition coefficient (Wildman–Crippen LogP) is -0.0313. The minimum Gasteiger partial charge on any atom is -0.339 e. The van der Waals surface area contributed by atoms with Crippen molar-refractivity contribution in [2.75, 3.05) is 13.6 Å². The summed E-state index contributed by atoms with van der Waals surface area (Å²) in [5.41, 5.74) is 0.693. The Balaban J connectivity index is 2.46. The molecule has 0 radical (unpaired) electrons. The zero-order valence-electron chi connectivity index (χ0n) is 6.32. The molecular weight excluding hydrogens is 142 g/mol. The van der Waals surface area contributed by atoms with Gasteiger partial charge in [-0.1, -0.05) is 0 Å². The minimum atomic E-state index is 0.0637. The number of nitrogens with zero attached hydrogens (tertiary/aromatic N) is 3. The Morgan fingerprint density at radius 1 is 1.55 bits per heavy atom. The van der Waals surface area contributed by atoms with Gasteiger partial charge in [0.25, 0.3) is 5.91 Å². The van der Waals surface area contributed by atoms with Crippen LogP contribution in [0.3, 0.4) is 0 Å². The Kier molecular flexibility index (Phi) is 1.21. The normalized spacial score (nSPS) is 16.8. The van der Waals surface area contributed by atoms with Crippen molar-refractivity contribution < 1.29 is 4.79 Å². The van der Waals surface area contributed by atoms with Crippen LogP contribution in [0.15, 0.2) is 12.3 Å². The summed E-state index contributed by atoms with van der Waals surface area (Å²) in [6, 6.07) is 1.75. The van der Waals surface area contributed by atoms with Gasteiger partial charge in [-0.15, -0.1) is 0 Å². The molecule has 1 amide bonds. The first-order chi connectivity index (χ1) is 5.29. The van der Waals surface area contributed by atoms with E-state index in [1.807, 2.05) is 0 Å². The van der Waals surface area contributed by atoms with Crippen LogP contribution in [0.25, 0.3) is 0 Å². The topological polar surface area (TPSA) is 38.1 Å². The molecule has 0 aliphatic carbocycles. The Hall–Kier alpha value is -1.32. The molecule has 0 bridgehead atoms. The van der Waals surface area contributed by atoms with E-state index < -0.39 is 0 Å². The van der Waals surface area contributed by atoms with Crippen LogP contribution in [0, 0.1) is 0 Å². The van der Waals surface area contributed by atoms with Crippen LogP contribution in [-0.4, -0.2) is 34.2 Å². The lowest BCUT2D eigenvalue weighted by atomic mass is 10.3. The summed E-state index contributed by atoms with van der Waals surface area (Å²) in [6.45, 7) is 1.57. The molecule has 0 saturated heterocycles. The summed E-state index contributed by atoms with van der Waals surface area (Å²) in [5.74, 6) is 0.0637. The molecule has 0 unspecified atom stereocenters. The number of carbonyl (C=O) groups is 1. The molecule has 0 N–H and O–H groups in total. The van der Waals surface area contributed by atoms with Crippen LogP contribution >= 0.6 is 0 Å². The van der Waals surface area contributed by atoms with Crippen molar-refractivity contribution >= 4 is 5.91 Å². The van der Waals surface area contributed by atoms with Crippen molar-refractivity contribution in [1.82, 2.24) is 14.7 Å². The molecule has 0 aromatic carbocycles. The van der Waals surface area contributed by atoms with E-state index in [0.717, 1.165) is 13.1 Å². The molecule has 0 atom stereocenters. The molecule has 0 saturated carbocycles. The first-order valence-electron chi connectivity index (χ1n) is 3.56. The Labute approximate surface area is 64.4 Å². The highest BCUT2D eigenvalue weighted by Crippen LogP contribution is 2.08. The van der Waals surface area contributed by atoms with E-state index in [2.05, 4.69) is 5.10 Å². The van der Waals surface area contributed by atoms with Gasteiger partial charge in [0.2, 0.25) is 0 Å². The van der Waals surface area contributed by atoms with Gasteiger partial charge in [-0.25, -0.2) is 0 Å². The first kappa shape index (κ1) is 6.39. The number of fused-ring (bicyclic) bond motifs is 1. The molecule has 58 valence electrons. The van der Waals surface area contributed by atoms with E-state index in [-0.39, 0.29) is 5.91 Å². The third-order valence-corrected chi connectivity index (χ3v) is 1.93. The van der Waals surface area contributed by atoms with Gasteiger partial charge in [-0.05, 0) is 6.07 Å². The number of hydrogen-bond donors (Lipinski definition) is 0. The maximum atomic E-state index is 11.3. The summed E-state index contributed by atoms with van der Waals surface area (Å²) >= 11 is 0. The van der Waals surface area contributed by atoms with Crippen LogP contribution in [0.2, 0.25) is 0 Å². The van der Waals surface area contributed by atoms with Crippen LogP contribution in [0.5, 0.6) is 0 Å². The Morgan fingerprint density at radius 2 is 2.36 bits per heavy atom. The zero-order chi connectivity index (χ0) is 7.84. The fourth-order valence-corrected chi connectivity index (χ4v) is 1.23. The molecular formula is C7H9N3O. The van der Waals surface area contributed by atoms with Crippen molar-refractivity contribution in [3.63, 3.8) is 0 Å². The lowest BCUT2D eigenvalue weighted by Crippen LogP contribution is -2.37. The summed E-state index contributed by atoms with van der Waals surface area (Å²) in [4.78, 5) is 13.0. The average Bonchev–Trinajstić information content (AvgIpc) is 2.45. The number of aromatic nitrogens is 2. The molecule has 4 nitrogen and oxygen atoms in total. The van der Waals surface area contributed by atoms with Gasteiger partial charge >= 0.3 is 0 Å². The van der Waals surface area contributed by atoms with Crippen molar-refractivity contribution in [1.29, 1.82) is 0 Å². The number of rotatable bonds is 0. The third-order valence-electron chi connectivity index (χ3n) is 1.93. The highest BCUT2D eigenvalue weighted by atomic mass is 16.2. The number of likely N-dealkylation sites (N-methyl/N-ethyl adjacent to an activating group) is 1. The van der Waals surface area contributed by atoms with Crippen molar-refractivity contribution in [2.45, 2.75) is 6.54 Å². The van der Waals surface area contributed by atoms with Crippen molar-refractivity contribution in [3.05, 3.63) is 18.0 Å². The second kappa shape index (κ2) is 2.08. The molecule has 1 aromatic heterocycles. The molecule has 0 spiro atoms. The smallest absolute Gasteiger partial charge is 0.271 e. The monoisotopic (exact) mass is 151 g/mol. The van der Waals surface area contributed by atoms with Gasteiger partial charge in [0.05, 0.1) is 6.54 Å². The van der Waals surface area contributed by atoms with E-state index in [4.69, 9.17) is 0 Å². The largest absolute Gasteiger partial charge is 0.339 e. The number of amides is 1.